The predicted octanol–water partition coefficient (Wildman–Crippen LogP) is 3.79. The number of urea groups is 1. The summed E-state index contributed by atoms with van der Waals surface area (Å²) in [5.41, 5.74) is 3.12. The van der Waals surface area contributed by atoms with Gasteiger partial charge in [0.2, 0.25) is 0 Å². The molecule has 0 saturated carbocycles. The molecular weight excluding hydrogens is 396 g/mol. The number of nitrogens with one attached hydrogen (secondary N) is 1. The van der Waals surface area contributed by atoms with E-state index < -0.39 is 12.0 Å². The van der Waals surface area contributed by atoms with Crippen molar-refractivity contribution < 1.29 is 23.9 Å². The highest BCUT2D eigenvalue weighted by atomic mass is 16.5. The second kappa shape index (κ2) is 9.47. The van der Waals surface area contributed by atoms with Crippen molar-refractivity contribution in [2.24, 2.45) is 0 Å². The zero-order valence-corrected chi connectivity index (χ0v) is 18.1. The van der Waals surface area contributed by atoms with Gasteiger partial charge in [-0.25, -0.2) is 9.59 Å². The fourth-order valence-electron chi connectivity index (χ4n) is 3.42. The Morgan fingerprint density at radius 2 is 1.84 bits per heavy atom. The molecule has 3 rings (SSSR count). The summed E-state index contributed by atoms with van der Waals surface area (Å²) >= 11 is 0. The van der Waals surface area contributed by atoms with Crippen LogP contribution in [0.2, 0.25) is 0 Å². The minimum Gasteiger partial charge on any atom is -0.487 e. The van der Waals surface area contributed by atoms with Gasteiger partial charge in [0.1, 0.15) is 12.4 Å². The molecule has 31 heavy (non-hydrogen) atoms. The number of carbonyl (C=O) groups is 3. The predicted molar refractivity (Wildman–Crippen MR) is 116 cm³/mol. The van der Waals surface area contributed by atoms with Crippen LogP contribution in [-0.4, -0.2) is 42.9 Å². The van der Waals surface area contributed by atoms with E-state index in [1.807, 2.05) is 31.2 Å². The first-order valence-electron chi connectivity index (χ1n) is 10.1. The Hall–Kier alpha value is -3.61. The van der Waals surface area contributed by atoms with Crippen molar-refractivity contribution >= 4 is 17.8 Å². The number of ether oxygens (including phenoxy) is 2. The molecule has 2 amide bonds. The van der Waals surface area contributed by atoms with Gasteiger partial charge in [0.25, 0.3) is 0 Å². The molecular formula is C24H26N2O5. The molecule has 1 aliphatic rings. The van der Waals surface area contributed by atoms with Gasteiger partial charge in [-0.15, -0.1) is 0 Å². The van der Waals surface area contributed by atoms with Crippen molar-refractivity contribution in [2.45, 2.75) is 26.8 Å². The van der Waals surface area contributed by atoms with E-state index in [1.54, 1.807) is 38.2 Å². The maximum atomic E-state index is 12.9. The summed E-state index contributed by atoms with van der Waals surface area (Å²) in [4.78, 5) is 38.4. The van der Waals surface area contributed by atoms with Crippen LogP contribution in [-0.2, 0) is 9.53 Å². The van der Waals surface area contributed by atoms with E-state index in [1.165, 1.54) is 11.8 Å². The SMILES string of the molecule is CCOC(=O)C1=C(COc2ccc(C(C)=O)cc2)N(C)C(=O)NC1c1cccc(C)c1. The lowest BCUT2D eigenvalue weighted by Crippen LogP contribution is -2.48. The van der Waals surface area contributed by atoms with Gasteiger partial charge in [0, 0.05) is 12.6 Å². The summed E-state index contributed by atoms with van der Waals surface area (Å²) in [7, 11) is 1.58. The van der Waals surface area contributed by atoms with Crippen LogP contribution in [0.5, 0.6) is 5.75 Å². The molecule has 1 atom stereocenters. The Bertz CT molecular complexity index is 1030. The van der Waals surface area contributed by atoms with Crippen LogP contribution in [0, 0.1) is 6.92 Å². The lowest BCUT2D eigenvalue weighted by atomic mass is 9.94. The van der Waals surface area contributed by atoms with Crippen LogP contribution in [0.3, 0.4) is 0 Å². The number of hydrogen-bond donors (Lipinski definition) is 1. The summed E-state index contributed by atoms with van der Waals surface area (Å²) in [6.45, 7) is 5.37. The van der Waals surface area contributed by atoms with E-state index >= 15 is 0 Å². The van der Waals surface area contributed by atoms with Crippen molar-refractivity contribution in [3.05, 3.63) is 76.5 Å². The summed E-state index contributed by atoms with van der Waals surface area (Å²) in [6, 6.07) is 13.3. The quantitative estimate of drug-likeness (QED) is 0.542. The van der Waals surface area contributed by atoms with Crippen LogP contribution in [0.25, 0.3) is 0 Å². The summed E-state index contributed by atoms with van der Waals surface area (Å²) < 4.78 is 11.2. The summed E-state index contributed by atoms with van der Waals surface area (Å²) in [6.07, 6.45) is 0. The van der Waals surface area contributed by atoms with Gasteiger partial charge in [-0.2, -0.15) is 0 Å². The smallest absolute Gasteiger partial charge is 0.338 e. The number of benzene rings is 2. The first kappa shape index (κ1) is 22.1. The van der Waals surface area contributed by atoms with Gasteiger partial charge in [0.05, 0.1) is 23.9 Å². The minimum absolute atomic E-state index is 0.0141. The number of carbonyl (C=O) groups excluding carboxylic acids is 3. The molecule has 1 unspecified atom stereocenters. The Kier molecular flexibility index (Phi) is 6.74. The van der Waals surface area contributed by atoms with E-state index in [2.05, 4.69) is 5.32 Å². The Labute approximate surface area is 181 Å². The molecule has 7 heteroatoms. The van der Waals surface area contributed by atoms with Crippen LogP contribution >= 0.6 is 0 Å². The van der Waals surface area contributed by atoms with Gasteiger partial charge in [-0.3, -0.25) is 9.69 Å². The number of Topliss-reactive ketones (excluding diaryl/α,β-unsaturated/α-hetero) is 1. The average molecular weight is 422 g/mol. The average Bonchev–Trinajstić information content (AvgIpc) is 2.74. The largest absolute Gasteiger partial charge is 0.487 e. The molecule has 7 nitrogen and oxygen atoms in total. The van der Waals surface area contributed by atoms with E-state index in [9.17, 15) is 14.4 Å². The van der Waals surface area contributed by atoms with Crippen molar-refractivity contribution in [3.63, 3.8) is 0 Å². The van der Waals surface area contributed by atoms with Crippen molar-refractivity contribution in [1.82, 2.24) is 10.2 Å². The first-order chi connectivity index (χ1) is 14.8. The zero-order chi connectivity index (χ0) is 22.5. The van der Waals surface area contributed by atoms with Crippen molar-refractivity contribution in [3.8, 4) is 5.75 Å². The van der Waals surface area contributed by atoms with Crippen LogP contribution < -0.4 is 10.1 Å². The Balaban J connectivity index is 1.99. The maximum Gasteiger partial charge on any atom is 0.338 e. The molecule has 2 aromatic rings. The normalized spacial score (nSPS) is 16.1. The molecule has 0 saturated heterocycles. The molecule has 0 fully saturated rings. The number of rotatable bonds is 7. The highest BCUT2D eigenvalue weighted by Gasteiger charge is 2.37. The van der Waals surface area contributed by atoms with Crippen LogP contribution in [0.15, 0.2) is 59.8 Å². The fourth-order valence-corrected chi connectivity index (χ4v) is 3.42. The van der Waals surface area contributed by atoms with E-state index in [0.717, 1.165) is 11.1 Å². The Morgan fingerprint density at radius 1 is 1.13 bits per heavy atom. The molecule has 1 heterocycles. The van der Waals surface area contributed by atoms with E-state index in [4.69, 9.17) is 9.47 Å². The number of hydrogen-bond acceptors (Lipinski definition) is 5. The number of aryl methyl sites for hydroxylation is 1. The lowest BCUT2D eigenvalue weighted by molar-refractivity contribution is -0.139. The molecule has 0 radical (unpaired) electrons. The Morgan fingerprint density at radius 3 is 2.45 bits per heavy atom. The van der Waals surface area contributed by atoms with Crippen molar-refractivity contribution in [2.75, 3.05) is 20.3 Å². The molecule has 0 aliphatic carbocycles. The van der Waals surface area contributed by atoms with Crippen LogP contribution in [0.1, 0.15) is 41.4 Å². The standard InChI is InChI=1S/C24H26N2O5/c1-5-30-23(28)21-20(14-31-19-11-9-17(10-12-19)16(3)27)26(4)24(29)25-22(21)18-8-6-7-15(2)13-18/h6-13,22H,5,14H2,1-4H3,(H,25,29). The van der Waals surface area contributed by atoms with Gasteiger partial charge >= 0.3 is 12.0 Å². The first-order valence-corrected chi connectivity index (χ1v) is 10.1. The molecule has 0 aromatic heterocycles. The topological polar surface area (TPSA) is 84.9 Å². The molecule has 1 aliphatic heterocycles. The van der Waals surface area contributed by atoms with E-state index in [-0.39, 0.29) is 25.0 Å². The lowest BCUT2D eigenvalue weighted by Gasteiger charge is -2.34. The summed E-state index contributed by atoms with van der Waals surface area (Å²) in [5, 5.41) is 2.88. The highest BCUT2D eigenvalue weighted by Crippen LogP contribution is 2.31. The monoisotopic (exact) mass is 422 g/mol. The van der Waals surface area contributed by atoms with Gasteiger partial charge in [-0.1, -0.05) is 29.8 Å². The fraction of sp³-hybridized carbons (Fsp3) is 0.292. The number of ketones is 1. The second-order valence-corrected chi connectivity index (χ2v) is 7.31. The number of esters is 1. The highest BCUT2D eigenvalue weighted by molar-refractivity contribution is 5.95. The second-order valence-electron chi connectivity index (χ2n) is 7.31. The third kappa shape index (κ3) is 4.94. The van der Waals surface area contributed by atoms with Gasteiger partial charge < -0.3 is 14.8 Å². The molecule has 2 aromatic carbocycles. The van der Waals surface area contributed by atoms with Gasteiger partial charge in [-0.05, 0) is 50.6 Å². The minimum atomic E-state index is -0.652. The molecule has 0 spiro atoms. The molecule has 1 N–H and O–H groups in total. The summed E-state index contributed by atoms with van der Waals surface area (Å²) in [5.74, 6) is -0.0258. The third-order valence-corrected chi connectivity index (χ3v) is 5.08. The van der Waals surface area contributed by atoms with Gasteiger partial charge in [0.15, 0.2) is 5.78 Å². The number of likely N-dealkylation sites (N-methyl/N-ethyl adjacent to an activating group) is 1. The molecule has 162 valence electrons. The number of amides is 2. The van der Waals surface area contributed by atoms with Crippen LogP contribution in [0.4, 0.5) is 4.79 Å². The zero-order valence-electron chi connectivity index (χ0n) is 18.1. The third-order valence-electron chi connectivity index (χ3n) is 5.08. The van der Waals surface area contributed by atoms with E-state index in [0.29, 0.717) is 22.6 Å². The maximum absolute atomic E-state index is 12.9. The van der Waals surface area contributed by atoms with Crippen molar-refractivity contribution in [1.29, 1.82) is 0 Å². The number of nitrogens with zero attached hydrogens (tertiary/aromatic N) is 1. The molecule has 0 bridgehead atoms.